The molecule has 0 aromatic heterocycles. The van der Waals surface area contributed by atoms with Gasteiger partial charge in [-0.15, -0.1) is 0 Å². The van der Waals surface area contributed by atoms with Gasteiger partial charge in [-0.2, -0.15) is 0 Å². The largest absolute Gasteiger partial charge is 0.382 e. The molecule has 0 bridgehead atoms. The maximum Gasteiger partial charge on any atom is 0.217 e. The molecule has 0 aliphatic carbocycles. The van der Waals surface area contributed by atoms with Crippen LogP contribution in [0.3, 0.4) is 0 Å². The third-order valence-electron chi connectivity index (χ3n) is 4.15. The van der Waals surface area contributed by atoms with Crippen LogP contribution in [-0.2, 0) is 23.9 Å². The number of Topliss-reactive ketones (excluding diaryl/α,β-unsaturated/α-hetero) is 3. The van der Waals surface area contributed by atoms with Gasteiger partial charge in [-0.1, -0.05) is 0 Å². The SMILES string of the molecule is CC(=O)N[C@H]1[C@@H](O)O[C@H](C(O)C(C)=O)[C@](O)(C(C)=O)[C@@]1(O)C(C)=O. The number of aliphatic hydroxyl groups excluding tert-OH is 2. The second kappa shape index (κ2) is 6.65. The predicted octanol–water partition coefficient (Wildman–Crippen LogP) is -3.20. The lowest BCUT2D eigenvalue weighted by Crippen LogP contribution is -2.83. The Morgan fingerprint density at radius 2 is 1.46 bits per heavy atom. The van der Waals surface area contributed by atoms with E-state index < -0.39 is 59.0 Å². The van der Waals surface area contributed by atoms with E-state index in [-0.39, 0.29) is 0 Å². The smallest absolute Gasteiger partial charge is 0.217 e. The highest BCUT2D eigenvalue weighted by atomic mass is 16.6. The Kier molecular flexibility index (Phi) is 5.63. The van der Waals surface area contributed by atoms with Gasteiger partial charge in [0.1, 0.15) is 18.2 Å². The molecule has 10 heteroatoms. The van der Waals surface area contributed by atoms with E-state index in [4.69, 9.17) is 4.74 Å². The van der Waals surface area contributed by atoms with Crippen molar-refractivity contribution in [2.24, 2.45) is 0 Å². The summed E-state index contributed by atoms with van der Waals surface area (Å²) in [4.78, 5) is 46.9. The van der Waals surface area contributed by atoms with Gasteiger partial charge < -0.3 is 30.5 Å². The van der Waals surface area contributed by atoms with Crippen LogP contribution in [-0.4, -0.2) is 79.4 Å². The highest BCUT2D eigenvalue weighted by molar-refractivity contribution is 6.00. The first kappa shape index (κ1) is 20.3. The zero-order valence-electron chi connectivity index (χ0n) is 13.6. The topological polar surface area (TPSA) is 170 Å². The molecule has 0 radical (unpaired) electrons. The van der Waals surface area contributed by atoms with Crippen LogP contribution in [0.25, 0.3) is 0 Å². The van der Waals surface area contributed by atoms with Crippen molar-refractivity contribution in [1.82, 2.24) is 5.32 Å². The number of hydrogen-bond donors (Lipinski definition) is 5. The molecule has 0 aromatic carbocycles. The van der Waals surface area contributed by atoms with Gasteiger partial charge in [-0.25, -0.2) is 0 Å². The first-order valence-corrected chi connectivity index (χ1v) is 7.07. The number of carbonyl (C=O) groups excluding carboxylic acids is 4. The fraction of sp³-hybridized carbons (Fsp3) is 0.714. The van der Waals surface area contributed by atoms with E-state index in [0.717, 1.165) is 27.7 Å². The van der Waals surface area contributed by atoms with Crippen molar-refractivity contribution in [1.29, 1.82) is 0 Å². The number of rotatable bonds is 5. The molecule has 10 nitrogen and oxygen atoms in total. The van der Waals surface area contributed by atoms with Crippen LogP contribution < -0.4 is 5.32 Å². The van der Waals surface area contributed by atoms with Gasteiger partial charge in [0.15, 0.2) is 34.8 Å². The standard InChI is InChI=1S/C14H21NO9/c1-5(16)9(20)11-14(23,7(3)18)13(22,6(2)17)10(12(21)24-11)15-8(4)19/h9-12,20-23H,1-4H3,(H,15,19)/t9?,10-,11+,12-,13+,14+/m0/s1. The molecule has 1 saturated heterocycles. The quantitative estimate of drug-likeness (QED) is 0.343. The summed E-state index contributed by atoms with van der Waals surface area (Å²) in [5, 5.41) is 43.6. The third kappa shape index (κ3) is 2.87. The lowest BCUT2D eigenvalue weighted by molar-refractivity contribution is -0.313. The Hall–Kier alpha value is -1.72. The summed E-state index contributed by atoms with van der Waals surface area (Å²) < 4.78 is 4.93. The van der Waals surface area contributed by atoms with Crippen LogP contribution in [0.1, 0.15) is 27.7 Å². The van der Waals surface area contributed by atoms with E-state index in [1.807, 2.05) is 5.32 Å². The number of nitrogens with one attached hydrogen (secondary N) is 1. The Labute approximate surface area is 137 Å². The van der Waals surface area contributed by atoms with E-state index in [1.54, 1.807) is 0 Å². The predicted molar refractivity (Wildman–Crippen MR) is 76.4 cm³/mol. The number of amides is 1. The van der Waals surface area contributed by atoms with Gasteiger partial charge in [0.25, 0.3) is 0 Å². The zero-order chi connectivity index (χ0) is 19.0. The molecule has 0 saturated carbocycles. The van der Waals surface area contributed by atoms with Crippen molar-refractivity contribution in [2.75, 3.05) is 0 Å². The molecular formula is C14H21NO9. The van der Waals surface area contributed by atoms with E-state index in [1.165, 1.54) is 0 Å². The Morgan fingerprint density at radius 3 is 1.79 bits per heavy atom. The number of ether oxygens (including phenoxy) is 1. The molecule has 24 heavy (non-hydrogen) atoms. The fourth-order valence-electron chi connectivity index (χ4n) is 2.85. The van der Waals surface area contributed by atoms with Crippen LogP contribution in [0, 0.1) is 0 Å². The van der Waals surface area contributed by atoms with Crippen LogP contribution >= 0.6 is 0 Å². The summed E-state index contributed by atoms with van der Waals surface area (Å²) in [6.45, 7) is 3.56. The monoisotopic (exact) mass is 347 g/mol. The molecule has 0 spiro atoms. The molecule has 1 fully saturated rings. The fourth-order valence-corrected chi connectivity index (χ4v) is 2.85. The summed E-state index contributed by atoms with van der Waals surface area (Å²) in [6.07, 6.45) is -6.32. The molecule has 1 amide bonds. The summed E-state index contributed by atoms with van der Waals surface area (Å²) in [6, 6.07) is -1.91. The van der Waals surface area contributed by atoms with Crippen LogP contribution in [0.4, 0.5) is 0 Å². The normalized spacial score (nSPS) is 37.4. The molecule has 6 atom stereocenters. The average molecular weight is 347 g/mol. The zero-order valence-corrected chi connectivity index (χ0v) is 13.6. The molecular weight excluding hydrogens is 326 g/mol. The highest BCUT2D eigenvalue weighted by Gasteiger charge is 2.71. The van der Waals surface area contributed by atoms with Gasteiger partial charge in [-0.05, 0) is 20.8 Å². The van der Waals surface area contributed by atoms with Crippen molar-refractivity contribution in [2.45, 2.75) is 63.4 Å². The van der Waals surface area contributed by atoms with Gasteiger partial charge in [-0.3, -0.25) is 19.2 Å². The van der Waals surface area contributed by atoms with Crippen molar-refractivity contribution < 1.29 is 44.3 Å². The van der Waals surface area contributed by atoms with E-state index in [9.17, 15) is 39.6 Å². The summed E-state index contributed by atoms with van der Waals surface area (Å²) >= 11 is 0. The van der Waals surface area contributed by atoms with E-state index >= 15 is 0 Å². The van der Waals surface area contributed by atoms with Gasteiger partial charge in [0.05, 0.1) is 0 Å². The molecule has 136 valence electrons. The summed E-state index contributed by atoms with van der Waals surface area (Å²) in [5.41, 5.74) is -6.13. The number of carbonyl (C=O) groups is 4. The van der Waals surface area contributed by atoms with Crippen molar-refractivity contribution in [3.63, 3.8) is 0 Å². The van der Waals surface area contributed by atoms with Crippen LogP contribution in [0.2, 0.25) is 0 Å². The molecule has 1 rings (SSSR count). The first-order chi connectivity index (χ1) is 10.8. The molecule has 1 aliphatic heterocycles. The molecule has 0 aromatic rings. The van der Waals surface area contributed by atoms with Crippen molar-refractivity contribution in [3.8, 4) is 0 Å². The minimum atomic E-state index is -3.09. The number of aliphatic hydroxyl groups is 4. The second-order valence-corrected chi connectivity index (χ2v) is 5.83. The van der Waals surface area contributed by atoms with Crippen LogP contribution in [0.5, 0.6) is 0 Å². The number of hydrogen-bond acceptors (Lipinski definition) is 9. The Morgan fingerprint density at radius 1 is 1.00 bits per heavy atom. The lowest BCUT2D eigenvalue weighted by atomic mass is 9.66. The lowest BCUT2D eigenvalue weighted by Gasteiger charge is -2.54. The van der Waals surface area contributed by atoms with Crippen molar-refractivity contribution in [3.05, 3.63) is 0 Å². The van der Waals surface area contributed by atoms with E-state index in [0.29, 0.717) is 0 Å². The van der Waals surface area contributed by atoms with Gasteiger partial charge in [0.2, 0.25) is 5.91 Å². The van der Waals surface area contributed by atoms with E-state index in [2.05, 4.69) is 0 Å². The number of ketones is 3. The molecule has 1 unspecified atom stereocenters. The molecule has 1 heterocycles. The van der Waals surface area contributed by atoms with Gasteiger partial charge >= 0.3 is 0 Å². The minimum absolute atomic E-state index is 0.793. The minimum Gasteiger partial charge on any atom is -0.382 e. The van der Waals surface area contributed by atoms with Gasteiger partial charge in [0, 0.05) is 6.92 Å². The average Bonchev–Trinajstić information content (AvgIpc) is 2.45. The second-order valence-electron chi connectivity index (χ2n) is 5.83. The van der Waals surface area contributed by atoms with Crippen molar-refractivity contribution >= 4 is 23.3 Å². The summed E-state index contributed by atoms with van der Waals surface area (Å²) in [5.74, 6) is -4.11. The highest BCUT2D eigenvalue weighted by Crippen LogP contribution is 2.40. The molecule has 1 aliphatic rings. The maximum atomic E-state index is 12.1. The Balaban J connectivity index is 3.64. The third-order valence-corrected chi connectivity index (χ3v) is 4.15. The maximum absolute atomic E-state index is 12.1. The molecule has 5 N–H and O–H groups in total. The first-order valence-electron chi connectivity index (χ1n) is 7.07. The summed E-state index contributed by atoms with van der Waals surface area (Å²) in [7, 11) is 0. The van der Waals surface area contributed by atoms with Crippen LogP contribution in [0.15, 0.2) is 0 Å². The Bertz CT molecular complexity index is 559.